The third-order valence-corrected chi connectivity index (χ3v) is 5.00. The van der Waals surface area contributed by atoms with Crippen molar-refractivity contribution < 1.29 is 8.42 Å². The Bertz CT molecular complexity index is 442. The number of sulfonamides is 1. The van der Waals surface area contributed by atoms with E-state index in [9.17, 15) is 8.42 Å². The maximum atomic E-state index is 11.6. The molecule has 0 aromatic carbocycles. The largest absolute Gasteiger partial charge is 0.330 e. The van der Waals surface area contributed by atoms with Crippen LogP contribution in [-0.2, 0) is 10.0 Å². The number of hydrogen-bond acceptors (Lipinski definition) is 4. The van der Waals surface area contributed by atoms with Gasteiger partial charge in [0.05, 0.1) is 5.75 Å². The summed E-state index contributed by atoms with van der Waals surface area (Å²) in [5, 5.41) is 0. The van der Waals surface area contributed by atoms with Gasteiger partial charge in [-0.2, -0.15) is 0 Å². The maximum Gasteiger partial charge on any atom is 0.217 e. The molecule has 0 spiro atoms. The normalized spacial score (nSPS) is 17.1. The fraction of sp³-hybridized carbons (Fsp3) is 0.500. The lowest BCUT2D eigenvalue weighted by Gasteiger charge is -2.30. The molecule has 2 rings (SSSR count). The van der Waals surface area contributed by atoms with Crippen molar-refractivity contribution in [3.63, 3.8) is 0 Å². The van der Waals surface area contributed by atoms with E-state index < -0.39 is 10.0 Å². The molecule has 5 nitrogen and oxygen atoms in total. The molecule has 1 fully saturated rings. The number of pyridine rings is 1. The van der Waals surface area contributed by atoms with Crippen LogP contribution >= 0.6 is 0 Å². The molecule has 0 bridgehead atoms. The summed E-state index contributed by atoms with van der Waals surface area (Å²) in [5.74, 6) is 0.533. The summed E-state index contributed by atoms with van der Waals surface area (Å²) >= 11 is 0. The second-order valence-electron chi connectivity index (χ2n) is 4.67. The van der Waals surface area contributed by atoms with E-state index in [1.807, 2.05) is 18.2 Å². The fourth-order valence-corrected chi connectivity index (χ4v) is 3.27. The van der Waals surface area contributed by atoms with E-state index >= 15 is 0 Å². The van der Waals surface area contributed by atoms with E-state index in [2.05, 4.69) is 11.6 Å². The first kappa shape index (κ1) is 16.8. The standard InChI is InChI=1S/C9H18N2O2S.C5H5N/c1-2-7-14(12,13)11-5-3-9(8-10)4-6-11;1-2-4-6-5-3-1/h2,9H,1,3-8,10H2;1-5H. The highest BCUT2D eigenvalue weighted by molar-refractivity contribution is 7.89. The summed E-state index contributed by atoms with van der Waals surface area (Å²) in [4.78, 5) is 3.78. The van der Waals surface area contributed by atoms with E-state index in [-0.39, 0.29) is 5.75 Å². The zero-order chi connectivity index (χ0) is 14.8. The van der Waals surface area contributed by atoms with Crippen molar-refractivity contribution in [2.75, 3.05) is 25.4 Å². The first-order valence-electron chi connectivity index (χ1n) is 6.74. The Morgan fingerprint density at radius 3 is 2.20 bits per heavy atom. The Morgan fingerprint density at radius 1 is 1.25 bits per heavy atom. The van der Waals surface area contributed by atoms with Crippen LogP contribution in [0.25, 0.3) is 0 Å². The van der Waals surface area contributed by atoms with Crippen LogP contribution in [0.5, 0.6) is 0 Å². The Kier molecular flexibility index (Phi) is 7.43. The zero-order valence-electron chi connectivity index (χ0n) is 11.7. The van der Waals surface area contributed by atoms with E-state index in [0.717, 1.165) is 12.8 Å². The molecule has 1 aliphatic heterocycles. The van der Waals surface area contributed by atoms with E-state index in [1.54, 1.807) is 16.7 Å². The molecule has 0 amide bonds. The van der Waals surface area contributed by atoms with Gasteiger partial charge in [0.15, 0.2) is 0 Å². The molecule has 0 unspecified atom stereocenters. The van der Waals surface area contributed by atoms with Crippen LogP contribution in [-0.4, -0.2) is 43.1 Å². The van der Waals surface area contributed by atoms with Gasteiger partial charge < -0.3 is 5.73 Å². The quantitative estimate of drug-likeness (QED) is 0.849. The monoisotopic (exact) mass is 297 g/mol. The van der Waals surface area contributed by atoms with Gasteiger partial charge in [0.1, 0.15) is 0 Å². The second kappa shape index (κ2) is 8.84. The molecule has 1 aromatic rings. The molecule has 20 heavy (non-hydrogen) atoms. The summed E-state index contributed by atoms with van der Waals surface area (Å²) < 4.78 is 24.8. The minimum atomic E-state index is -3.09. The van der Waals surface area contributed by atoms with Crippen molar-refractivity contribution in [3.8, 4) is 0 Å². The first-order chi connectivity index (χ1) is 9.60. The van der Waals surface area contributed by atoms with Gasteiger partial charge in [-0.25, -0.2) is 12.7 Å². The molecule has 1 aliphatic rings. The molecule has 0 atom stereocenters. The van der Waals surface area contributed by atoms with Crippen LogP contribution in [0.1, 0.15) is 12.8 Å². The van der Waals surface area contributed by atoms with Crippen molar-refractivity contribution in [2.24, 2.45) is 11.7 Å². The van der Waals surface area contributed by atoms with Crippen molar-refractivity contribution >= 4 is 10.0 Å². The number of aromatic nitrogens is 1. The average molecular weight is 297 g/mol. The summed E-state index contributed by atoms with van der Waals surface area (Å²) in [6.07, 6.45) is 6.70. The molecule has 0 saturated carbocycles. The van der Waals surface area contributed by atoms with Crippen molar-refractivity contribution in [2.45, 2.75) is 12.8 Å². The van der Waals surface area contributed by atoms with Crippen LogP contribution < -0.4 is 5.73 Å². The summed E-state index contributed by atoms with van der Waals surface area (Å²) in [7, 11) is -3.09. The topological polar surface area (TPSA) is 76.3 Å². The molecule has 112 valence electrons. The lowest BCUT2D eigenvalue weighted by Crippen LogP contribution is -2.40. The van der Waals surface area contributed by atoms with Crippen molar-refractivity contribution in [1.29, 1.82) is 0 Å². The summed E-state index contributed by atoms with van der Waals surface area (Å²) in [6.45, 7) is 5.33. The molecule has 0 radical (unpaired) electrons. The molecule has 2 heterocycles. The molecule has 6 heteroatoms. The Morgan fingerprint density at radius 2 is 1.85 bits per heavy atom. The van der Waals surface area contributed by atoms with Crippen LogP contribution in [0, 0.1) is 5.92 Å². The van der Waals surface area contributed by atoms with Crippen molar-refractivity contribution in [1.82, 2.24) is 9.29 Å². The highest BCUT2D eigenvalue weighted by Crippen LogP contribution is 2.18. The highest BCUT2D eigenvalue weighted by Gasteiger charge is 2.26. The van der Waals surface area contributed by atoms with E-state index in [1.165, 1.54) is 6.08 Å². The second-order valence-corrected chi connectivity index (χ2v) is 6.68. The van der Waals surface area contributed by atoms with Gasteiger partial charge in [0.25, 0.3) is 0 Å². The highest BCUT2D eigenvalue weighted by atomic mass is 32.2. The minimum Gasteiger partial charge on any atom is -0.330 e. The number of piperidine rings is 1. The molecule has 2 N–H and O–H groups in total. The number of rotatable bonds is 4. The SMILES string of the molecule is C=CCS(=O)(=O)N1CCC(CN)CC1.c1ccncc1. The van der Waals surface area contributed by atoms with E-state index in [4.69, 9.17) is 5.73 Å². The van der Waals surface area contributed by atoms with Gasteiger partial charge in [-0.05, 0) is 37.4 Å². The number of nitrogens with two attached hydrogens (primary N) is 1. The van der Waals surface area contributed by atoms with Gasteiger partial charge in [0.2, 0.25) is 10.0 Å². The third kappa shape index (κ3) is 5.81. The number of hydrogen-bond donors (Lipinski definition) is 1. The molecule has 1 saturated heterocycles. The third-order valence-electron chi connectivity index (χ3n) is 3.20. The Labute approximate surface area is 121 Å². The number of nitrogens with zero attached hydrogens (tertiary/aromatic N) is 2. The summed E-state index contributed by atoms with van der Waals surface area (Å²) in [5.41, 5.74) is 5.53. The minimum absolute atomic E-state index is 0.0420. The Balaban J connectivity index is 0.000000276. The zero-order valence-corrected chi connectivity index (χ0v) is 12.5. The predicted octanol–water partition coefficient (Wildman–Crippen LogP) is 1.25. The first-order valence-corrected chi connectivity index (χ1v) is 8.35. The van der Waals surface area contributed by atoms with Gasteiger partial charge in [-0.15, -0.1) is 6.58 Å². The summed E-state index contributed by atoms with van der Waals surface area (Å²) in [6, 6.07) is 5.72. The smallest absolute Gasteiger partial charge is 0.217 e. The predicted molar refractivity (Wildman–Crippen MR) is 81.6 cm³/mol. The lowest BCUT2D eigenvalue weighted by atomic mass is 9.99. The van der Waals surface area contributed by atoms with Crippen molar-refractivity contribution in [3.05, 3.63) is 43.2 Å². The average Bonchev–Trinajstić information content (AvgIpc) is 2.50. The fourth-order valence-electron chi connectivity index (χ4n) is 1.99. The Hall–Kier alpha value is -1.24. The molecule has 1 aromatic heterocycles. The van der Waals surface area contributed by atoms with Crippen LogP contribution in [0.3, 0.4) is 0 Å². The van der Waals surface area contributed by atoms with Gasteiger partial charge in [0, 0.05) is 25.5 Å². The lowest BCUT2D eigenvalue weighted by molar-refractivity contribution is 0.279. The van der Waals surface area contributed by atoms with E-state index in [0.29, 0.717) is 25.6 Å². The molecule has 0 aliphatic carbocycles. The molecular formula is C14H23N3O2S. The van der Waals surface area contributed by atoms with Crippen LogP contribution in [0.4, 0.5) is 0 Å². The van der Waals surface area contributed by atoms with Crippen LogP contribution in [0.2, 0.25) is 0 Å². The van der Waals surface area contributed by atoms with Crippen LogP contribution in [0.15, 0.2) is 43.2 Å². The maximum absolute atomic E-state index is 11.6. The molecular weight excluding hydrogens is 274 g/mol. The van der Waals surface area contributed by atoms with Gasteiger partial charge >= 0.3 is 0 Å². The van der Waals surface area contributed by atoms with Gasteiger partial charge in [-0.1, -0.05) is 12.1 Å². The van der Waals surface area contributed by atoms with Gasteiger partial charge in [-0.3, -0.25) is 4.98 Å².